The second-order valence-electron chi connectivity index (χ2n) is 7.72. The molecule has 154 valence electrons. The van der Waals surface area contributed by atoms with E-state index in [0.717, 1.165) is 22.0 Å². The third kappa shape index (κ3) is 3.27. The molecule has 2 amide bonds. The first-order chi connectivity index (χ1) is 15.0. The second-order valence-corrected chi connectivity index (χ2v) is 8.15. The largest absolute Gasteiger partial charge is 0.361 e. The summed E-state index contributed by atoms with van der Waals surface area (Å²) < 4.78 is 0. The normalized spacial score (nSPS) is 18.1. The molecule has 0 saturated heterocycles. The standard InChI is InChI=1S/C25H20ClN3O2/c1-29-23(20-14-27-21-12-5-4-9-17(20)21)22(18-10-2-3-11-19(18)25(29)31)24(30)28-16-8-6-7-15(26)13-16/h2-14,22-23,27H,1H3,(H,28,30)/t22-,23+/m1/s1. The number of carbonyl (C=O) groups excluding carboxylic acids is 2. The minimum absolute atomic E-state index is 0.0994. The monoisotopic (exact) mass is 429 g/mol. The summed E-state index contributed by atoms with van der Waals surface area (Å²) in [4.78, 5) is 31.8. The lowest BCUT2D eigenvalue weighted by atomic mass is 9.79. The molecule has 0 unspecified atom stereocenters. The lowest BCUT2D eigenvalue weighted by Gasteiger charge is -2.39. The highest BCUT2D eigenvalue weighted by Crippen LogP contribution is 2.44. The maximum atomic E-state index is 13.6. The number of aromatic amines is 1. The molecule has 1 aliphatic rings. The summed E-state index contributed by atoms with van der Waals surface area (Å²) >= 11 is 6.10. The van der Waals surface area contributed by atoms with Crippen molar-refractivity contribution < 1.29 is 9.59 Å². The smallest absolute Gasteiger partial charge is 0.254 e. The Kier molecular flexibility index (Phi) is 4.75. The fourth-order valence-electron chi connectivity index (χ4n) is 4.47. The van der Waals surface area contributed by atoms with Gasteiger partial charge >= 0.3 is 0 Å². The quantitative estimate of drug-likeness (QED) is 0.459. The summed E-state index contributed by atoms with van der Waals surface area (Å²) in [6.45, 7) is 0. The van der Waals surface area contributed by atoms with Gasteiger partial charge in [-0.25, -0.2) is 0 Å². The number of nitrogens with zero attached hydrogens (tertiary/aromatic N) is 1. The van der Waals surface area contributed by atoms with E-state index < -0.39 is 12.0 Å². The summed E-state index contributed by atoms with van der Waals surface area (Å²) in [5, 5.41) is 4.53. The zero-order chi connectivity index (χ0) is 21.5. The van der Waals surface area contributed by atoms with Crippen LogP contribution in [0.4, 0.5) is 5.69 Å². The van der Waals surface area contributed by atoms with Crippen LogP contribution in [0.15, 0.2) is 79.0 Å². The summed E-state index contributed by atoms with van der Waals surface area (Å²) in [6, 6.07) is 21.8. The zero-order valence-corrected chi connectivity index (χ0v) is 17.6. The molecule has 5 rings (SSSR count). The highest BCUT2D eigenvalue weighted by atomic mass is 35.5. The van der Waals surface area contributed by atoms with Crippen LogP contribution in [0.2, 0.25) is 5.02 Å². The SMILES string of the molecule is CN1C(=O)c2ccccc2[C@@H](C(=O)Nc2cccc(Cl)c2)[C@@H]1c1c[nH]c2ccccc12. The number of rotatable bonds is 3. The molecule has 31 heavy (non-hydrogen) atoms. The molecule has 0 aliphatic carbocycles. The van der Waals surface area contributed by atoms with Gasteiger partial charge in [0.25, 0.3) is 5.91 Å². The number of para-hydroxylation sites is 1. The van der Waals surface area contributed by atoms with Gasteiger partial charge in [-0.05, 0) is 35.9 Å². The van der Waals surface area contributed by atoms with Gasteiger partial charge in [0.2, 0.25) is 5.91 Å². The molecule has 6 heteroatoms. The molecule has 0 spiro atoms. The lowest BCUT2D eigenvalue weighted by molar-refractivity contribution is -0.119. The molecule has 4 aromatic rings. The molecule has 1 aliphatic heterocycles. The van der Waals surface area contributed by atoms with Crippen LogP contribution in [0.25, 0.3) is 10.9 Å². The number of anilines is 1. The average molecular weight is 430 g/mol. The van der Waals surface area contributed by atoms with Crippen LogP contribution in [0, 0.1) is 0 Å². The van der Waals surface area contributed by atoms with E-state index in [2.05, 4.69) is 10.3 Å². The third-order valence-corrected chi connectivity index (χ3v) is 6.13. The molecule has 0 bridgehead atoms. The fourth-order valence-corrected chi connectivity index (χ4v) is 4.66. The van der Waals surface area contributed by atoms with Crippen molar-refractivity contribution in [3.8, 4) is 0 Å². The van der Waals surface area contributed by atoms with Crippen molar-refractivity contribution in [2.24, 2.45) is 0 Å². The lowest BCUT2D eigenvalue weighted by Crippen LogP contribution is -2.44. The number of hydrogen-bond donors (Lipinski definition) is 2. The Morgan fingerprint density at radius 1 is 1.00 bits per heavy atom. The maximum Gasteiger partial charge on any atom is 0.254 e. The first-order valence-electron chi connectivity index (χ1n) is 10.0. The van der Waals surface area contributed by atoms with Crippen LogP contribution in [-0.4, -0.2) is 28.7 Å². The van der Waals surface area contributed by atoms with Crippen molar-refractivity contribution in [3.63, 3.8) is 0 Å². The Morgan fingerprint density at radius 3 is 2.61 bits per heavy atom. The Hall–Kier alpha value is -3.57. The number of carbonyl (C=O) groups is 2. The van der Waals surface area contributed by atoms with E-state index in [9.17, 15) is 9.59 Å². The summed E-state index contributed by atoms with van der Waals surface area (Å²) in [7, 11) is 1.75. The highest BCUT2D eigenvalue weighted by Gasteiger charge is 2.43. The number of halogens is 1. The van der Waals surface area contributed by atoms with Gasteiger partial charge in [0, 0.05) is 46.0 Å². The first-order valence-corrected chi connectivity index (χ1v) is 10.4. The van der Waals surface area contributed by atoms with Crippen LogP contribution < -0.4 is 5.32 Å². The maximum absolute atomic E-state index is 13.6. The van der Waals surface area contributed by atoms with Crippen molar-refractivity contribution in [2.45, 2.75) is 12.0 Å². The van der Waals surface area contributed by atoms with Gasteiger partial charge in [0.05, 0.1) is 12.0 Å². The van der Waals surface area contributed by atoms with E-state index in [1.807, 2.05) is 48.7 Å². The highest BCUT2D eigenvalue weighted by molar-refractivity contribution is 6.30. The number of fused-ring (bicyclic) bond motifs is 2. The number of hydrogen-bond acceptors (Lipinski definition) is 2. The van der Waals surface area contributed by atoms with Gasteiger partial charge in [-0.15, -0.1) is 0 Å². The van der Waals surface area contributed by atoms with Gasteiger partial charge < -0.3 is 15.2 Å². The van der Waals surface area contributed by atoms with E-state index in [1.54, 1.807) is 42.3 Å². The predicted molar refractivity (Wildman–Crippen MR) is 122 cm³/mol. The van der Waals surface area contributed by atoms with Crippen molar-refractivity contribution in [1.82, 2.24) is 9.88 Å². The average Bonchev–Trinajstić information content (AvgIpc) is 3.20. The first kappa shape index (κ1) is 19.4. The minimum Gasteiger partial charge on any atom is -0.361 e. The fraction of sp³-hybridized carbons (Fsp3) is 0.120. The van der Waals surface area contributed by atoms with Gasteiger partial charge in [-0.3, -0.25) is 9.59 Å². The predicted octanol–water partition coefficient (Wildman–Crippen LogP) is 5.37. The van der Waals surface area contributed by atoms with E-state index in [0.29, 0.717) is 16.3 Å². The Bertz CT molecular complexity index is 1310. The van der Waals surface area contributed by atoms with Gasteiger partial charge in [-0.1, -0.05) is 54.1 Å². The van der Waals surface area contributed by atoms with E-state index >= 15 is 0 Å². The zero-order valence-electron chi connectivity index (χ0n) is 16.8. The van der Waals surface area contributed by atoms with Gasteiger partial charge in [0.1, 0.15) is 0 Å². The topological polar surface area (TPSA) is 65.2 Å². The van der Waals surface area contributed by atoms with Crippen molar-refractivity contribution >= 4 is 40.0 Å². The van der Waals surface area contributed by atoms with Crippen LogP contribution in [0.1, 0.15) is 33.4 Å². The minimum atomic E-state index is -0.586. The van der Waals surface area contributed by atoms with Crippen molar-refractivity contribution in [3.05, 3.63) is 101 Å². The number of amides is 2. The molecular weight excluding hydrogens is 410 g/mol. The Morgan fingerprint density at radius 2 is 1.77 bits per heavy atom. The molecule has 2 atom stereocenters. The number of H-pyrrole nitrogens is 1. The Labute approximate surface area is 184 Å². The second kappa shape index (κ2) is 7.60. The molecule has 0 radical (unpaired) electrons. The van der Waals surface area contributed by atoms with Crippen LogP contribution >= 0.6 is 11.6 Å². The number of aromatic nitrogens is 1. The van der Waals surface area contributed by atoms with E-state index in [1.165, 1.54) is 0 Å². The number of benzene rings is 3. The molecular formula is C25H20ClN3O2. The molecule has 3 aromatic carbocycles. The molecule has 2 N–H and O–H groups in total. The number of likely N-dealkylation sites (N-methyl/N-ethyl adjacent to an activating group) is 1. The van der Waals surface area contributed by atoms with Gasteiger partial charge in [0.15, 0.2) is 0 Å². The van der Waals surface area contributed by atoms with Crippen LogP contribution in [-0.2, 0) is 4.79 Å². The van der Waals surface area contributed by atoms with Gasteiger partial charge in [-0.2, -0.15) is 0 Å². The molecule has 0 saturated carbocycles. The van der Waals surface area contributed by atoms with E-state index in [-0.39, 0.29) is 11.8 Å². The molecule has 1 aromatic heterocycles. The summed E-state index contributed by atoms with van der Waals surface area (Å²) in [5.74, 6) is -0.876. The molecule has 5 nitrogen and oxygen atoms in total. The van der Waals surface area contributed by atoms with E-state index in [4.69, 9.17) is 11.6 Å². The van der Waals surface area contributed by atoms with Crippen LogP contribution in [0.3, 0.4) is 0 Å². The molecule has 0 fully saturated rings. The third-order valence-electron chi connectivity index (χ3n) is 5.89. The number of nitrogens with one attached hydrogen (secondary N) is 2. The van der Waals surface area contributed by atoms with Crippen molar-refractivity contribution in [1.29, 1.82) is 0 Å². The molecule has 2 heterocycles. The van der Waals surface area contributed by atoms with Crippen LogP contribution in [0.5, 0.6) is 0 Å². The Balaban J connectivity index is 1.66. The summed E-state index contributed by atoms with van der Waals surface area (Å²) in [5.41, 5.74) is 3.76. The van der Waals surface area contributed by atoms with Crippen molar-refractivity contribution in [2.75, 3.05) is 12.4 Å². The summed E-state index contributed by atoms with van der Waals surface area (Å²) in [6.07, 6.45) is 1.90.